The maximum Gasteiger partial charge on any atom is 0.122 e. The zero-order valence-electron chi connectivity index (χ0n) is 12.3. The van der Waals surface area contributed by atoms with E-state index in [-0.39, 0.29) is 0 Å². The Kier molecular flexibility index (Phi) is 3.93. The van der Waals surface area contributed by atoms with Crippen molar-refractivity contribution in [1.82, 2.24) is 15.4 Å². The largest absolute Gasteiger partial charge is 0.197 e. The van der Waals surface area contributed by atoms with Crippen LogP contribution in [0.1, 0.15) is 30.9 Å². The summed E-state index contributed by atoms with van der Waals surface area (Å²) in [5.41, 5.74) is 6.38. The fourth-order valence-corrected chi connectivity index (χ4v) is 2.91. The molecule has 1 aromatic heterocycles. The molecule has 0 bridgehead atoms. The summed E-state index contributed by atoms with van der Waals surface area (Å²) < 4.78 is 0. The average Bonchev–Trinajstić information content (AvgIpc) is 2.94. The van der Waals surface area contributed by atoms with Gasteiger partial charge in [0.25, 0.3) is 0 Å². The number of H-pyrrole nitrogens is 1. The van der Waals surface area contributed by atoms with E-state index in [0.29, 0.717) is 0 Å². The first-order valence-electron chi connectivity index (χ1n) is 7.29. The zero-order chi connectivity index (χ0) is 14.8. The number of hydrogen-bond donors (Lipinski definition) is 1. The summed E-state index contributed by atoms with van der Waals surface area (Å²) in [4.78, 5) is 0. The topological polar surface area (TPSA) is 41.6 Å². The van der Waals surface area contributed by atoms with E-state index in [1.54, 1.807) is 0 Å². The van der Waals surface area contributed by atoms with Crippen molar-refractivity contribution >= 4 is 22.6 Å². The van der Waals surface area contributed by atoms with Gasteiger partial charge in [-0.05, 0) is 43.0 Å². The van der Waals surface area contributed by atoms with E-state index in [9.17, 15) is 0 Å². The number of hydrogen-bond acceptors (Lipinski definition) is 2. The number of halogens is 1. The fraction of sp³-hybridized carbons (Fsp3) is 0.294. The summed E-state index contributed by atoms with van der Waals surface area (Å²) in [5, 5.41) is 11.9. The fourth-order valence-electron chi connectivity index (χ4n) is 2.65. The number of benzene rings is 2. The highest BCUT2D eigenvalue weighted by Crippen LogP contribution is 2.36. The summed E-state index contributed by atoms with van der Waals surface area (Å²) in [7, 11) is 0. The van der Waals surface area contributed by atoms with Crippen molar-refractivity contribution in [3.05, 3.63) is 46.5 Å². The molecule has 3 rings (SSSR count). The maximum atomic E-state index is 6.47. The molecule has 108 valence electrons. The Hall–Kier alpha value is -1.87. The van der Waals surface area contributed by atoms with Crippen LogP contribution in [-0.2, 0) is 6.42 Å². The summed E-state index contributed by atoms with van der Waals surface area (Å²) in [6.45, 7) is 4.31. The number of fused-ring (bicyclic) bond motifs is 1. The van der Waals surface area contributed by atoms with Crippen LogP contribution in [0.2, 0.25) is 5.02 Å². The van der Waals surface area contributed by atoms with Gasteiger partial charge in [-0.3, -0.25) is 0 Å². The first-order valence-corrected chi connectivity index (χ1v) is 7.67. The molecular weight excluding hydrogens is 282 g/mol. The van der Waals surface area contributed by atoms with Gasteiger partial charge in [-0.1, -0.05) is 48.7 Å². The lowest BCUT2D eigenvalue weighted by molar-refractivity contribution is 0.796. The molecule has 0 fully saturated rings. The maximum absolute atomic E-state index is 6.47. The lowest BCUT2D eigenvalue weighted by Crippen LogP contribution is -1.93. The van der Waals surface area contributed by atoms with Crippen molar-refractivity contribution < 1.29 is 0 Å². The second-order valence-electron chi connectivity index (χ2n) is 5.38. The van der Waals surface area contributed by atoms with Crippen molar-refractivity contribution in [2.24, 2.45) is 0 Å². The van der Waals surface area contributed by atoms with Crippen molar-refractivity contribution in [1.29, 1.82) is 0 Å². The molecule has 1 N–H and O–H groups in total. The van der Waals surface area contributed by atoms with Crippen molar-refractivity contribution in [2.45, 2.75) is 33.1 Å². The summed E-state index contributed by atoms with van der Waals surface area (Å²) in [6, 6.07) is 10.3. The minimum atomic E-state index is 0.722. The number of rotatable bonds is 4. The Bertz CT molecular complexity index is 777. The van der Waals surface area contributed by atoms with E-state index < -0.39 is 0 Å². The number of aromatic amines is 1. The van der Waals surface area contributed by atoms with Gasteiger partial charge in [-0.15, -0.1) is 0 Å². The van der Waals surface area contributed by atoms with E-state index in [0.717, 1.165) is 28.0 Å². The number of nitrogens with one attached hydrogen (secondary N) is 1. The number of aromatic nitrogens is 3. The highest BCUT2D eigenvalue weighted by molar-refractivity contribution is 6.34. The Labute approximate surface area is 129 Å². The third-order valence-corrected chi connectivity index (χ3v) is 4.09. The second kappa shape index (κ2) is 5.86. The molecule has 0 aliphatic heterocycles. The van der Waals surface area contributed by atoms with Crippen molar-refractivity contribution in [3.63, 3.8) is 0 Å². The lowest BCUT2D eigenvalue weighted by atomic mass is 9.93. The molecule has 0 aliphatic carbocycles. The predicted molar refractivity (Wildman–Crippen MR) is 87.7 cm³/mol. The highest BCUT2D eigenvalue weighted by atomic mass is 35.5. The van der Waals surface area contributed by atoms with Crippen LogP contribution in [0.15, 0.2) is 30.3 Å². The standard InChI is InChI=1S/C17H18ClN3/c1-3-4-5-12-7-6-11(2)10-13(12)16-14(18)8-9-15-17(16)20-21-19-15/h6-10H,3-5H2,1-2H3,(H,19,20,21). The second-order valence-corrected chi connectivity index (χ2v) is 5.79. The van der Waals surface area contributed by atoms with Gasteiger partial charge < -0.3 is 0 Å². The molecule has 4 heteroatoms. The van der Waals surface area contributed by atoms with E-state index in [1.165, 1.54) is 29.5 Å². The van der Waals surface area contributed by atoms with Gasteiger partial charge in [0.15, 0.2) is 0 Å². The van der Waals surface area contributed by atoms with Crippen LogP contribution >= 0.6 is 11.6 Å². The number of unbranched alkanes of at least 4 members (excludes halogenated alkanes) is 1. The number of nitrogens with zero attached hydrogens (tertiary/aromatic N) is 2. The van der Waals surface area contributed by atoms with Crippen molar-refractivity contribution in [2.75, 3.05) is 0 Å². The van der Waals surface area contributed by atoms with E-state index in [2.05, 4.69) is 47.5 Å². The minimum absolute atomic E-state index is 0.722. The third-order valence-electron chi connectivity index (χ3n) is 3.77. The third kappa shape index (κ3) is 2.66. The van der Waals surface area contributed by atoms with E-state index >= 15 is 0 Å². The lowest BCUT2D eigenvalue weighted by Gasteiger charge is -2.12. The monoisotopic (exact) mass is 299 g/mol. The molecule has 0 saturated carbocycles. The number of aryl methyl sites for hydroxylation is 2. The molecule has 0 radical (unpaired) electrons. The summed E-state index contributed by atoms with van der Waals surface area (Å²) >= 11 is 6.47. The predicted octanol–water partition coefficient (Wildman–Crippen LogP) is 4.93. The SMILES string of the molecule is CCCCc1ccc(C)cc1-c1c(Cl)ccc2n[nH]nc12. The van der Waals surface area contributed by atoms with Crippen LogP contribution < -0.4 is 0 Å². The van der Waals surface area contributed by atoms with Gasteiger partial charge in [0, 0.05) is 5.56 Å². The Morgan fingerprint density at radius 2 is 2.00 bits per heavy atom. The summed E-state index contributed by atoms with van der Waals surface area (Å²) in [6.07, 6.45) is 3.40. The Balaban J connectivity index is 2.24. The van der Waals surface area contributed by atoms with Gasteiger partial charge in [0.05, 0.1) is 5.02 Å². The highest BCUT2D eigenvalue weighted by Gasteiger charge is 2.15. The molecule has 1 heterocycles. The molecule has 0 aliphatic rings. The molecule has 0 unspecified atom stereocenters. The molecular formula is C17H18ClN3. The van der Waals surface area contributed by atoms with E-state index in [1.807, 2.05) is 12.1 Å². The molecule has 3 aromatic rings. The molecule has 0 amide bonds. The molecule has 0 atom stereocenters. The first kappa shape index (κ1) is 14.1. The van der Waals surface area contributed by atoms with Crippen LogP contribution in [0.25, 0.3) is 22.2 Å². The van der Waals surface area contributed by atoms with Crippen LogP contribution in [0.3, 0.4) is 0 Å². The average molecular weight is 300 g/mol. The summed E-state index contributed by atoms with van der Waals surface area (Å²) in [5.74, 6) is 0. The van der Waals surface area contributed by atoms with Crippen molar-refractivity contribution in [3.8, 4) is 11.1 Å². The van der Waals surface area contributed by atoms with Crippen LogP contribution in [0.5, 0.6) is 0 Å². The molecule has 0 saturated heterocycles. The van der Waals surface area contributed by atoms with Gasteiger partial charge in [-0.25, -0.2) is 0 Å². The smallest absolute Gasteiger partial charge is 0.122 e. The first-order chi connectivity index (χ1) is 10.2. The molecule has 21 heavy (non-hydrogen) atoms. The van der Waals surface area contributed by atoms with E-state index in [4.69, 9.17) is 11.6 Å². The van der Waals surface area contributed by atoms with Crippen LogP contribution in [0.4, 0.5) is 0 Å². The van der Waals surface area contributed by atoms with Gasteiger partial charge in [-0.2, -0.15) is 15.4 Å². The Morgan fingerprint density at radius 1 is 1.14 bits per heavy atom. The van der Waals surface area contributed by atoms with Crippen LogP contribution in [0, 0.1) is 6.92 Å². The normalized spacial score (nSPS) is 11.2. The molecule has 3 nitrogen and oxygen atoms in total. The zero-order valence-corrected chi connectivity index (χ0v) is 13.0. The Morgan fingerprint density at radius 3 is 2.81 bits per heavy atom. The quantitative estimate of drug-likeness (QED) is 0.742. The molecule has 2 aromatic carbocycles. The van der Waals surface area contributed by atoms with Crippen LogP contribution in [-0.4, -0.2) is 15.4 Å². The van der Waals surface area contributed by atoms with Gasteiger partial charge in [0.2, 0.25) is 0 Å². The molecule has 0 spiro atoms. The minimum Gasteiger partial charge on any atom is -0.197 e. The van der Waals surface area contributed by atoms with Gasteiger partial charge >= 0.3 is 0 Å². The van der Waals surface area contributed by atoms with Gasteiger partial charge in [0.1, 0.15) is 11.0 Å².